The standard InChI is InChI=1S/C19H19N3O2/c23-19(24)18(11-15-7-3-1-4-8-15)20-12-16-13-21-22(14-16)17-9-5-2-6-10-17/h1-10,13-14,18,20H,11-12H2,(H,23,24)/t18-/m0/s1. The van der Waals surface area contributed by atoms with Gasteiger partial charge in [0.15, 0.2) is 0 Å². The second kappa shape index (κ2) is 7.57. The lowest BCUT2D eigenvalue weighted by Gasteiger charge is -2.13. The van der Waals surface area contributed by atoms with Crippen molar-refractivity contribution < 1.29 is 9.90 Å². The van der Waals surface area contributed by atoms with Crippen molar-refractivity contribution in [3.8, 4) is 5.69 Å². The van der Waals surface area contributed by atoms with Crippen molar-refractivity contribution in [2.45, 2.75) is 19.0 Å². The number of aromatic nitrogens is 2. The maximum Gasteiger partial charge on any atom is 0.321 e. The number of carboxylic acid groups (broad SMARTS) is 1. The number of nitrogens with one attached hydrogen (secondary N) is 1. The zero-order chi connectivity index (χ0) is 16.8. The molecule has 0 radical (unpaired) electrons. The number of rotatable bonds is 7. The van der Waals surface area contributed by atoms with Crippen LogP contribution in [0.1, 0.15) is 11.1 Å². The number of hydrogen-bond donors (Lipinski definition) is 2. The van der Waals surface area contributed by atoms with E-state index in [0.29, 0.717) is 13.0 Å². The van der Waals surface area contributed by atoms with E-state index in [1.165, 1.54) is 0 Å². The van der Waals surface area contributed by atoms with E-state index in [-0.39, 0.29) is 0 Å². The summed E-state index contributed by atoms with van der Waals surface area (Å²) in [5, 5.41) is 16.8. The molecule has 3 rings (SSSR count). The van der Waals surface area contributed by atoms with Crippen molar-refractivity contribution in [3.63, 3.8) is 0 Å². The monoisotopic (exact) mass is 321 g/mol. The van der Waals surface area contributed by atoms with Crippen molar-refractivity contribution >= 4 is 5.97 Å². The summed E-state index contributed by atoms with van der Waals surface area (Å²) in [6.45, 7) is 0.455. The first-order valence-electron chi connectivity index (χ1n) is 7.81. The smallest absolute Gasteiger partial charge is 0.321 e. The highest BCUT2D eigenvalue weighted by molar-refractivity contribution is 5.73. The minimum Gasteiger partial charge on any atom is -0.480 e. The molecule has 1 heterocycles. The minimum absolute atomic E-state index is 0.447. The summed E-state index contributed by atoms with van der Waals surface area (Å²) in [6.07, 6.45) is 4.11. The molecule has 2 aromatic carbocycles. The van der Waals surface area contributed by atoms with Crippen LogP contribution in [0.15, 0.2) is 73.1 Å². The third kappa shape index (κ3) is 4.08. The molecule has 0 aliphatic carbocycles. The van der Waals surface area contributed by atoms with Crippen molar-refractivity contribution in [3.05, 3.63) is 84.2 Å². The normalized spacial score (nSPS) is 12.0. The Balaban J connectivity index is 1.63. The maximum atomic E-state index is 11.5. The lowest BCUT2D eigenvalue weighted by Crippen LogP contribution is -2.38. The summed E-state index contributed by atoms with van der Waals surface area (Å²) in [5.74, 6) is -0.852. The van der Waals surface area contributed by atoms with Crippen LogP contribution in [-0.2, 0) is 17.8 Å². The first-order chi connectivity index (χ1) is 11.7. The summed E-state index contributed by atoms with van der Waals surface area (Å²) in [4.78, 5) is 11.5. The molecule has 0 fully saturated rings. The zero-order valence-electron chi connectivity index (χ0n) is 13.2. The largest absolute Gasteiger partial charge is 0.480 e. The maximum absolute atomic E-state index is 11.5. The predicted octanol–water partition coefficient (Wildman–Crippen LogP) is 2.66. The topological polar surface area (TPSA) is 67.2 Å². The van der Waals surface area contributed by atoms with Crippen molar-refractivity contribution in [2.75, 3.05) is 0 Å². The van der Waals surface area contributed by atoms with Crippen LogP contribution in [0.2, 0.25) is 0 Å². The van der Waals surface area contributed by atoms with Crippen LogP contribution in [0.25, 0.3) is 5.69 Å². The highest BCUT2D eigenvalue weighted by Gasteiger charge is 2.17. The van der Waals surface area contributed by atoms with Gasteiger partial charge in [0.25, 0.3) is 0 Å². The third-order valence-electron chi connectivity index (χ3n) is 3.79. The molecule has 1 atom stereocenters. The van der Waals surface area contributed by atoms with Gasteiger partial charge in [0, 0.05) is 18.3 Å². The van der Waals surface area contributed by atoms with Gasteiger partial charge in [-0.05, 0) is 24.1 Å². The SMILES string of the molecule is O=C(O)[C@H](Cc1ccccc1)NCc1cnn(-c2ccccc2)c1. The highest BCUT2D eigenvalue weighted by atomic mass is 16.4. The predicted molar refractivity (Wildman–Crippen MR) is 92.0 cm³/mol. The fraction of sp³-hybridized carbons (Fsp3) is 0.158. The van der Waals surface area contributed by atoms with Crippen LogP contribution in [0, 0.1) is 0 Å². The fourth-order valence-corrected chi connectivity index (χ4v) is 2.51. The second-order valence-corrected chi connectivity index (χ2v) is 5.59. The van der Waals surface area contributed by atoms with Crippen LogP contribution in [0.4, 0.5) is 0 Å². The van der Waals surface area contributed by atoms with Crippen molar-refractivity contribution in [2.24, 2.45) is 0 Å². The number of para-hydroxylation sites is 1. The Hall–Kier alpha value is -2.92. The third-order valence-corrected chi connectivity index (χ3v) is 3.79. The highest BCUT2D eigenvalue weighted by Crippen LogP contribution is 2.09. The van der Waals surface area contributed by atoms with Crippen LogP contribution in [0.3, 0.4) is 0 Å². The van der Waals surface area contributed by atoms with Gasteiger partial charge in [-0.1, -0.05) is 48.5 Å². The number of benzene rings is 2. The number of carboxylic acids is 1. The van der Waals surface area contributed by atoms with Gasteiger partial charge in [-0.25, -0.2) is 4.68 Å². The van der Waals surface area contributed by atoms with Gasteiger partial charge in [0.1, 0.15) is 6.04 Å². The van der Waals surface area contributed by atoms with E-state index in [1.807, 2.05) is 66.9 Å². The average Bonchev–Trinajstić information content (AvgIpc) is 3.09. The molecule has 0 unspecified atom stereocenters. The average molecular weight is 321 g/mol. The molecule has 122 valence electrons. The molecule has 0 aliphatic rings. The Bertz CT molecular complexity index is 785. The fourth-order valence-electron chi connectivity index (χ4n) is 2.51. The Morgan fingerprint density at radius 1 is 1.04 bits per heavy atom. The van der Waals surface area contributed by atoms with E-state index >= 15 is 0 Å². The van der Waals surface area contributed by atoms with Crippen molar-refractivity contribution in [1.29, 1.82) is 0 Å². The van der Waals surface area contributed by atoms with Crippen molar-refractivity contribution in [1.82, 2.24) is 15.1 Å². The van der Waals surface area contributed by atoms with E-state index < -0.39 is 12.0 Å². The Morgan fingerprint density at radius 2 is 1.71 bits per heavy atom. The van der Waals surface area contributed by atoms with Gasteiger partial charge in [-0.2, -0.15) is 5.10 Å². The molecule has 24 heavy (non-hydrogen) atoms. The summed E-state index contributed by atoms with van der Waals surface area (Å²) < 4.78 is 1.78. The first-order valence-corrected chi connectivity index (χ1v) is 7.81. The van der Waals surface area contributed by atoms with Crippen LogP contribution in [0.5, 0.6) is 0 Å². The summed E-state index contributed by atoms with van der Waals surface area (Å²) in [5.41, 5.74) is 2.92. The second-order valence-electron chi connectivity index (χ2n) is 5.59. The number of nitrogens with zero attached hydrogens (tertiary/aromatic N) is 2. The molecule has 1 aromatic heterocycles. The Kier molecular flexibility index (Phi) is 5.03. The summed E-state index contributed by atoms with van der Waals surface area (Å²) in [6, 6.07) is 18.8. The number of carbonyl (C=O) groups is 1. The van der Waals surface area contributed by atoms with Crippen LogP contribution >= 0.6 is 0 Å². The Labute approximate surface area is 140 Å². The van der Waals surface area contributed by atoms with E-state index in [2.05, 4.69) is 10.4 Å². The van der Waals surface area contributed by atoms with Gasteiger partial charge < -0.3 is 5.11 Å². The summed E-state index contributed by atoms with van der Waals surface area (Å²) >= 11 is 0. The van der Waals surface area contributed by atoms with Gasteiger partial charge in [-0.3, -0.25) is 10.1 Å². The first kappa shape index (κ1) is 16.0. The van der Waals surface area contributed by atoms with Gasteiger partial charge in [0.05, 0.1) is 11.9 Å². The van der Waals surface area contributed by atoms with Gasteiger partial charge >= 0.3 is 5.97 Å². The lowest BCUT2D eigenvalue weighted by molar-refractivity contribution is -0.139. The van der Waals surface area contributed by atoms with E-state index in [9.17, 15) is 9.90 Å². The van der Waals surface area contributed by atoms with Gasteiger partial charge in [-0.15, -0.1) is 0 Å². The van der Waals surface area contributed by atoms with Crippen LogP contribution < -0.4 is 5.32 Å². The molecule has 5 nitrogen and oxygen atoms in total. The van der Waals surface area contributed by atoms with Crippen LogP contribution in [-0.4, -0.2) is 26.9 Å². The molecule has 0 bridgehead atoms. The molecule has 2 N–H and O–H groups in total. The van der Waals surface area contributed by atoms with E-state index in [4.69, 9.17) is 0 Å². The van der Waals surface area contributed by atoms with E-state index in [0.717, 1.165) is 16.8 Å². The molecular weight excluding hydrogens is 302 g/mol. The Morgan fingerprint density at radius 3 is 2.38 bits per heavy atom. The molecular formula is C19H19N3O2. The molecule has 0 amide bonds. The molecule has 0 saturated carbocycles. The van der Waals surface area contributed by atoms with Gasteiger partial charge in [0.2, 0.25) is 0 Å². The molecule has 0 spiro atoms. The quantitative estimate of drug-likeness (QED) is 0.702. The molecule has 5 heteroatoms. The molecule has 0 saturated heterocycles. The number of hydrogen-bond acceptors (Lipinski definition) is 3. The summed E-state index contributed by atoms with van der Waals surface area (Å²) in [7, 11) is 0. The lowest BCUT2D eigenvalue weighted by atomic mass is 10.1. The van der Waals surface area contributed by atoms with E-state index in [1.54, 1.807) is 10.9 Å². The zero-order valence-corrected chi connectivity index (χ0v) is 13.2. The number of aliphatic carboxylic acids is 1. The minimum atomic E-state index is -0.852. The molecule has 0 aliphatic heterocycles. The molecule has 3 aromatic rings.